The molecule has 92 valence electrons. The monoisotopic (exact) mass is 288 g/mol. The normalized spacial score (nSPS) is 15.0. The van der Waals surface area contributed by atoms with Crippen LogP contribution < -0.4 is 5.32 Å². The number of aryl methyl sites for hydroxylation is 1. The van der Waals surface area contributed by atoms with Crippen molar-refractivity contribution in [3.8, 4) is 0 Å². The Morgan fingerprint density at radius 2 is 2.25 bits per heavy atom. The Bertz CT molecular complexity index is 300. The number of halogens is 1. The quantitative estimate of drug-likeness (QED) is 0.783. The minimum Gasteiger partial charge on any atom is -0.307 e. The second-order valence-electron chi connectivity index (χ2n) is 4.20. The predicted octanol–water partition coefficient (Wildman–Crippen LogP) is 2.20. The molecule has 0 saturated heterocycles. The van der Waals surface area contributed by atoms with Crippen LogP contribution in [-0.4, -0.2) is 26.1 Å². The first-order valence-electron chi connectivity index (χ1n) is 5.85. The summed E-state index contributed by atoms with van der Waals surface area (Å²) in [5, 5.41) is 8.70. The number of hydrogen-bond donors (Lipinski definition) is 1. The summed E-state index contributed by atoms with van der Waals surface area (Å²) in [5.74, 6) is 1.64. The van der Waals surface area contributed by atoms with Gasteiger partial charge in [0.2, 0.25) is 0 Å². The molecule has 0 aliphatic rings. The number of hydrogen-bond acceptors (Lipinski definition) is 3. The van der Waals surface area contributed by atoms with Gasteiger partial charge in [0.1, 0.15) is 12.2 Å². The Morgan fingerprint density at radius 1 is 1.50 bits per heavy atom. The van der Waals surface area contributed by atoms with Gasteiger partial charge >= 0.3 is 0 Å². The van der Waals surface area contributed by atoms with E-state index < -0.39 is 0 Å². The van der Waals surface area contributed by atoms with E-state index in [0.29, 0.717) is 12.0 Å². The van der Waals surface area contributed by atoms with Gasteiger partial charge in [-0.3, -0.25) is 0 Å². The molecule has 0 spiro atoms. The number of nitrogens with one attached hydrogen (secondary N) is 1. The van der Waals surface area contributed by atoms with Crippen molar-refractivity contribution in [1.29, 1.82) is 0 Å². The highest BCUT2D eigenvalue weighted by molar-refractivity contribution is 9.09. The minimum atomic E-state index is 0.478. The highest BCUT2D eigenvalue weighted by Gasteiger charge is 2.11. The Kier molecular flexibility index (Phi) is 5.98. The van der Waals surface area contributed by atoms with E-state index in [2.05, 4.69) is 52.1 Å². The summed E-state index contributed by atoms with van der Waals surface area (Å²) in [4.78, 5) is 4.27. The molecule has 4 nitrogen and oxygen atoms in total. The summed E-state index contributed by atoms with van der Waals surface area (Å²) in [6, 6.07) is 0.478. The first kappa shape index (κ1) is 13.6. The van der Waals surface area contributed by atoms with E-state index in [0.717, 1.165) is 30.7 Å². The van der Waals surface area contributed by atoms with Crippen molar-refractivity contribution in [1.82, 2.24) is 20.1 Å². The molecule has 0 radical (unpaired) electrons. The van der Waals surface area contributed by atoms with Gasteiger partial charge < -0.3 is 5.32 Å². The molecule has 16 heavy (non-hydrogen) atoms. The maximum Gasteiger partial charge on any atom is 0.140 e. The van der Waals surface area contributed by atoms with E-state index in [-0.39, 0.29) is 0 Å². The van der Waals surface area contributed by atoms with E-state index >= 15 is 0 Å². The SMILES string of the molecule is CCCn1ncnc1CNC(C)C(C)CBr. The Balaban J connectivity index is 2.44. The molecule has 0 fully saturated rings. The first-order chi connectivity index (χ1) is 7.69. The molecule has 1 N–H and O–H groups in total. The van der Waals surface area contributed by atoms with Crippen LogP contribution in [0.25, 0.3) is 0 Å². The topological polar surface area (TPSA) is 42.7 Å². The molecule has 0 bridgehead atoms. The molecule has 1 heterocycles. The Labute approximate surface area is 106 Å². The molecule has 1 aromatic heterocycles. The zero-order chi connectivity index (χ0) is 12.0. The molecule has 0 aliphatic carbocycles. The summed E-state index contributed by atoms with van der Waals surface area (Å²) in [6.07, 6.45) is 2.72. The number of rotatable bonds is 7. The van der Waals surface area contributed by atoms with Gasteiger partial charge in [0.25, 0.3) is 0 Å². The Morgan fingerprint density at radius 3 is 2.88 bits per heavy atom. The summed E-state index contributed by atoms with van der Waals surface area (Å²) in [6.45, 7) is 8.31. The van der Waals surface area contributed by atoms with Crippen molar-refractivity contribution in [2.24, 2.45) is 5.92 Å². The molecular formula is C11H21BrN4. The van der Waals surface area contributed by atoms with Gasteiger partial charge in [-0.2, -0.15) is 5.10 Å². The molecular weight excluding hydrogens is 268 g/mol. The van der Waals surface area contributed by atoms with Crippen LogP contribution in [0.15, 0.2) is 6.33 Å². The molecule has 0 amide bonds. The fourth-order valence-corrected chi connectivity index (χ4v) is 1.97. The highest BCUT2D eigenvalue weighted by atomic mass is 79.9. The fourth-order valence-electron chi connectivity index (χ4n) is 1.41. The lowest BCUT2D eigenvalue weighted by Crippen LogP contribution is -2.33. The van der Waals surface area contributed by atoms with Crippen LogP contribution in [-0.2, 0) is 13.1 Å². The van der Waals surface area contributed by atoms with Crippen molar-refractivity contribution in [3.63, 3.8) is 0 Å². The predicted molar refractivity (Wildman–Crippen MR) is 69.6 cm³/mol. The average Bonchev–Trinajstić information content (AvgIpc) is 2.73. The van der Waals surface area contributed by atoms with Crippen molar-refractivity contribution in [2.45, 2.75) is 46.3 Å². The standard InChI is InChI=1S/C11H21BrN4/c1-4-5-16-11(14-8-15-16)7-13-10(3)9(2)6-12/h8-10,13H,4-7H2,1-3H3. The second kappa shape index (κ2) is 7.01. The van der Waals surface area contributed by atoms with E-state index in [9.17, 15) is 0 Å². The van der Waals surface area contributed by atoms with E-state index in [4.69, 9.17) is 0 Å². The summed E-state index contributed by atoms with van der Waals surface area (Å²) < 4.78 is 1.97. The molecule has 2 unspecified atom stereocenters. The minimum absolute atomic E-state index is 0.478. The third-order valence-corrected chi connectivity index (χ3v) is 3.83. The molecule has 2 atom stereocenters. The lowest BCUT2D eigenvalue weighted by molar-refractivity contribution is 0.418. The van der Waals surface area contributed by atoms with Gasteiger partial charge in [-0.05, 0) is 19.3 Å². The number of nitrogens with zero attached hydrogens (tertiary/aromatic N) is 3. The van der Waals surface area contributed by atoms with E-state index in [1.807, 2.05) is 4.68 Å². The maximum absolute atomic E-state index is 4.27. The van der Waals surface area contributed by atoms with E-state index in [1.165, 1.54) is 0 Å². The van der Waals surface area contributed by atoms with E-state index in [1.54, 1.807) is 6.33 Å². The maximum atomic E-state index is 4.27. The number of alkyl halides is 1. The van der Waals surface area contributed by atoms with Crippen molar-refractivity contribution in [2.75, 3.05) is 5.33 Å². The summed E-state index contributed by atoms with van der Waals surface area (Å²) in [7, 11) is 0. The summed E-state index contributed by atoms with van der Waals surface area (Å²) >= 11 is 3.50. The van der Waals surface area contributed by atoms with Gasteiger partial charge in [0, 0.05) is 17.9 Å². The molecule has 0 aliphatic heterocycles. The second-order valence-corrected chi connectivity index (χ2v) is 4.85. The van der Waals surface area contributed by atoms with Crippen molar-refractivity contribution in [3.05, 3.63) is 12.2 Å². The van der Waals surface area contributed by atoms with Crippen LogP contribution >= 0.6 is 15.9 Å². The highest BCUT2D eigenvalue weighted by Crippen LogP contribution is 2.06. The van der Waals surface area contributed by atoms with Crippen molar-refractivity contribution >= 4 is 15.9 Å². The number of aromatic nitrogens is 3. The van der Waals surface area contributed by atoms with Crippen LogP contribution in [0.2, 0.25) is 0 Å². The van der Waals surface area contributed by atoms with Gasteiger partial charge in [0.15, 0.2) is 0 Å². The Hall–Kier alpha value is -0.420. The molecule has 0 aromatic carbocycles. The zero-order valence-corrected chi connectivity index (χ0v) is 11.9. The lowest BCUT2D eigenvalue weighted by Gasteiger charge is -2.19. The van der Waals surface area contributed by atoms with Crippen LogP contribution in [0.1, 0.15) is 33.0 Å². The van der Waals surface area contributed by atoms with Crippen molar-refractivity contribution < 1.29 is 0 Å². The smallest absolute Gasteiger partial charge is 0.140 e. The molecule has 0 saturated carbocycles. The zero-order valence-electron chi connectivity index (χ0n) is 10.3. The lowest BCUT2D eigenvalue weighted by atomic mass is 10.1. The molecule has 1 aromatic rings. The largest absolute Gasteiger partial charge is 0.307 e. The van der Waals surface area contributed by atoms with Gasteiger partial charge in [-0.1, -0.05) is 29.8 Å². The van der Waals surface area contributed by atoms with Gasteiger partial charge in [-0.15, -0.1) is 0 Å². The third kappa shape index (κ3) is 3.87. The third-order valence-electron chi connectivity index (χ3n) is 2.81. The van der Waals surface area contributed by atoms with Gasteiger partial charge in [-0.25, -0.2) is 9.67 Å². The summed E-state index contributed by atoms with van der Waals surface area (Å²) in [5.41, 5.74) is 0. The van der Waals surface area contributed by atoms with Crippen LogP contribution in [0.4, 0.5) is 0 Å². The van der Waals surface area contributed by atoms with Crippen LogP contribution in [0, 0.1) is 5.92 Å². The fraction of sp³-hybridized carbons (Fsp3) is 0.818. The van der Waals surface area contributed by atoms with Gasteiger partial charge in [0.05, 0.1) is 6.54 Å². The average molecular weight is 289 g/mol. The molecule has 1 rings (SSSR count). The first-order valence-corrected chi connectivity index (χ1v) is 6.97. The van der Waals surface area contributed by atoms with Crippen LogP contribution in [0.5, 0.6) is 0 Å². The van der Waals surface area contributed by atoms with Crippen LogP contribution in [0.3, 0.4) is 0 Å². The molecule has 5 heteroatoms.